The average Bonchev–Trinajstić information content (AvgIpc) is 3.05. The van der Waals surface area contributed by atoms with Gasteiger partial charge in [-0.3, -0.25) is 14.4 Å². The molecule has 226 valence electrons. The molecule has 0 saturated carbocycles. The fourth-order valence-corrected chi connectivity index (χ4v) is 4.86. The first-order valence-electron chi connectivity index (χ1n) is 13.8. The lowest BCUT2D eigenvalue weighted by Gasteiger charge is -2.13. The van der Waals surface area contributed by atoms with Gasteiger partial charge >= 0.3 is 0 Å². The van der Waals surface area contributed by atoms with Gasteiger partial charge in [0.2, 0.25) is 5.91 Å². The third kappa shape index (κ3) is 8.89. The smallest absolute Gasteiger partial charge is 0.272 e. The molecule has 0 heterocycles. The Morgan fingerprint density at radius 2 is 1.52 bits per heavy atom. The Kier molecular flexibility index (Phi) is 11.4. The number of rotatable bonds is 13. The summed E-state index contributed by atoms with van der Waals surface area (Å²) < 4.78 is 16.3. The number of hydrogen-bond acceptors (Lipinski definition) is 7. The number of carbonyl (C=O) groups excluding carboxylic acids is 3. The minimum Gasteiger partial charge on any atom is -0.493 e. The number of benzene rings is 4. The maximum Gasteiger partial charge on any atom is 0.272 e. The fraction of sp³-hybridized carbons (Fsp3) is 0.147. The molecule has 3 amide bonds. The molecule has 4 aromatic carbocycles. The first-order chi connectivity index (χ1) is 21.4. The second kappa shape index (κ2) is 15.9. The summed E-state index contributed by atoms with van der Waals surface area (Å²) in [7, 11) is 3.05. The largest absolute Gasteiger partial charge is 0.493 e. The number of para-hydroxylation sites is 2. The van der Waals surface area contributed by atoms with Gasteiger partial charge < -0.3 is 30.2 Å². The zero-order chi connectivity index (χ0) is 31.3. The van der Waals surface area contributed by atoms with Gasteiger partial charge in [-0.15, -0.1) is 11.8 Å². The predicted molar refractivity (Wildman–Crippen MR) is 173 cm³/mol. The van der Waals surface area contributed by atoms with Crippen LogP contribution in [0.15, 0.2) is 108 Å². The Balaban J connectivity index is 1.48. The Hall–Kier alpha value is -5.22. The summed E-state index contributed by atoms with van der Waals surface area (Å²) in [6.07, 6.45) is 1.56. The highest BCUT2D eigenvalue weighted by atomic mass is 32.2. The number of thioether (sulfide) groups is 1. The molecular weight excluding hydrogens is 578 g/mol. The number of nitrogens with one attached hydrogen (secondary N) is 3. The lowest BCUT2D eigenvalue weighted by atomic mass is 10.1. The number of carbonyl (C=O) groups is 3. The molecule has 0 saturated heterocycles. The molecule has 0 fully saturated rings. The minimum atomic E-state index is -0.531. The molecule has 0 atom stereocenters. The molecule has 9 nitrogen and oxygen atoms in total. The fourth-order valence-electron chi connectivity index (χ4n) is 4.10. The van der Waals surface area contributed by atoms with E-state index in [2.05, 4.69) is 16.0 Å². The van der Waals surface area contributed by atoms with Crippen LogP contribution in [-0.2, 0) is 9.59 Å². The Bertz CT molecular complexity index is 1640. The SMILES string of the molecule is CCOc1ccccc1NC(=O)CSc1cccc(NC(=O)/C(=C\c2ccc(OC)c(OC)c2)NC(=O)c2ccccc2)c1. The summed E-state index contributed by atoms with van der Waals surface area (Å²) >= 11 is 1.32. The van der Waals surface area contributed by atoms with Gasteiger partial charge in [-0.1, -0.05) is 42.5 Å². The quantitative estimate of drug-likeness (QED) is 0.121. The van der Waals surface area contributed by atoms with Gasteiger partial charge in [0.25, 0.3) is 11.8 Å². The van der Waals surface area contributed by atoms with Gasteiger partial charge in [0, 0.05) is 16.1 Å². The van der Waals surface area contributed by atoms with Gasteiger partial charge in [0.05, 0.1) is 32.3 Å². The highest BCUT2D eigenvalue weighted by Gasteiger charge is 2.16. The number of methoxy groups -OCH3 is 2. The molecule has 44 heavy (non-hydrogen) atoms. The summed E-state index contributed by atoms with van der Waals surface area (Å²) in [6.45, 7) is 2.37. The van der Waals surface area contributed by atoms with Gasteiger partial charge in [-0.2, -0.15) is 0 Å². The standard InChI is InChI=1S/C34H33N3O6S/c1-4-43-29-16-9-8-15-27(29)36-32(38)22-44-26-14-10-13-25(21-26)35-34(40)28(37-33(39)24-11-6-5-7-12-24)19-23-17-18-30(41-2)31(20-23)42-3/h5-21H,4,22H2,1-3H3,(H,35,40)(H,36,38)(H,37,39)/b28-19+. The summed E-state index contributed by atoms with van der Waals surface area (Å²) in [5, 5.41) is 8.46. The molecule has 4 rings (SSSR count). The van der Waals surface area contributed by atoms with Crippen LogP contribution in [0.5, 0.6) is 17.2 Å². The third-order valence-electron chi connectivity index (χ3n) is 6.17. The van der Waals surface area contributed by atoms with E-state index in [4.69, 9.17) is 14.2 Å². The van der Waals surface area contributed by atoms with Crippen LogP contribution < -0.4 is 30.2 Å². The van der Waals surface area contributed by atoms with Gasteiger partial charge in [0.15, 0.2) is 11.5 Å². The molecule has 0 aliphatic heterocycles. The van der Waals surface area contributed by atoms with Crippen molar-refractivity contribution in [2.75, 3.05) is 37.2 Å². The number of anilines is 2. The highest BCUT2D eigenvalue weighted by molar-refractivity contribution is 8.00. The lowest BCUT2D eigenvalue weighted by molar-refractivity contribution is -0.114. The van der Waals surface area contributed by atoms with Crippen molar-refractivity contribution in [3.8, 4) is 17.2 Å². The number of ether oxygens (including phenoxy) is 3. The van der Waals surface area contributed by atoms with Crippen molar-refractivity contribution in [3.05, 3.63) is 114 Å². The zero-order valence-corrected chi connectivity index (χ0v) is 25.4. The van der Waals surface area contributed by atoms with E-state index in [1.54, 1.807) is 84.9 Å². The molecule has 4 aromatic rings. The molecule has 0 aliphatic carbocycles. The van der Waals surface area contributed by atoms with Crippen molar-refractivity contribution in [3.63, 3.8) is 0 Å². The second-order valence-corrected chi connectivity index (χ2v) is 10.3. The molecule has 0 aliphatic rings. The molecule has 0 radical (unpaired) electrons. The van der Waals surface area contributed by atoms with Crippen LogP contribution >= 0.6 is 11.8 Å². The van der Waals surface area contributed by atoms with Gasteiger partial charge in [-0.05, 0) is 73.2 Å². The maximum atomic E-state index is 13.5. The van der Waals surface area contributed by atoms with Gasteiger partial charge in [-0.25, -0.2) is 0 Å². The van der Waals surface area contributed by atoms with Crippen molar-refractivity contribution in [2.24, 2.45) is 0 Å². The Morgan fingerprint density at radius 3 is 2.27 bits per heavy atom. The van der Waals surface area contributed by atoms with Crippen molar-refractivity contribution in [2.45, 2.75) is 11.8 Å². The van der Waals surface area contributed by atoms with E-state index in [1.165, 1.54) is 26.0 Å². The molecular formula is C34H33N3O6S. The molecule has 0 aromatic heterocycles. The topological polar surface area (TPSA) is 115 Å². The van der Waals surface area contributed by atoms with Crippen LogP contribution in [0, 0.1) is 0 Å². The summed E-state index contributed by atoms with van der Waals surface area (Å²) in [5.74, 6) is 0.603. The third-order valence-corrected chi connectivity index (χ3v) is 7.16. The van der Waals surface area contributed by atoms with E-state index < -0.39 is 11.8 Å². The van der Waals surface area contributed by atoms with Crippen molar-refractivity contribution in [1.82, 2.24) is 5.32 Å². The Labute approximate surface area is 260 Å². The normalized spacial score (nSPS) is 10.8. The van der Waals surface area contributed by atoms with Crippen molar-refractivity contribution >= 4 is 46.9 Å². The molecule has 0 bridgehead atoms. The number of amides is 3. The van der Waals surface area contributed by atoms with Crippen molar-refractivity contribution < 1.29 is 28.6 Å². The molecule has 3 N–H and O–H groups in total. The molecule has 10 heteroatoms. The Morgan fingerprint density at radius 1 is 0.773 bits per heavy atom. The van der Waals surface area contributed by atoms with Gasteiger partial charge in [0.1, 0.15) is 11.4 Å². The van der Waals surface area contributed by atoms with E-state index in [-0.39, 0.29) is 17.4 Å². The van der Waals surface area contributed by atoms with Crippen LogP contribution in [0.1, 0.15) is 22.8 Å². The minimum absolute atomic E-state index is 0.0245. The van der Waals surface area contributed by atoms with Crippen LogP contribution in [0.3, 0.4) is 0 Å². The predicted octanol–water partition coefficient (Wildman–Crippen LogP) is 6.24. The summed E-state index contributed by atoms with van der Waals surface area (Å²) in [5.41, 5.74) is 2.14. The lowest BCUT2D eigenvalue weighted by Crippen LogP contribution is -2.30. The first kappa shape index (κ1) is 31.7. The van der Waals surface area contributed by atoms with E-state index >= 15 is 0 Å². The molecule has 0 spiro atoms. The monoisotopic (exact) mass is 611 g/mol. The van der Waals surface area contributed by atoms with Crippen molar-refractivity contribution in [1.29, 1.82) is 0 Å². The summed E-state index contributed by atoms with van der Waals surface area (Å²) in [6, 6.07) is 28.2. The van der Waals surface area contributed by atoms with E-state index in [1.807, 2.05) is 25.1 Å². The van der Waals surface area contributed by atoms with E-state index in [0.717, 1.165) is 4.90 Å². The average molecular weight is 612 g/mol. The molecule has 0 unspecified atom stereocenters. The van der Waals surface area contributed by atoms with Crippen LogP contribution in [0.2, 0.25) is 0 Å². The first-order valence-corrected chi connectivity index (χ1v) is 14.7. The van der Waals surface area contributed by atoms with Crippen LogP contribution in [-0.4, -0.2) is 44.3 Å². The zero-order valence-electron chi connectivity index (χ0n) is 24.6. The number of hydrogen-bond donors (Lipinski definition) is 3. The van der Waals surface area contributed by atoms with E-state index in [9.17, 15) is 14.4 Å². The van der Waals surface area contributed by atoms with Crippen LogP contribution in [0.4, 0.5) is 11.4 Å². The van der Waals surface area contributed by atoms with Crippen LogP contribution in [0.25, 0.3) is 6.08 Å². The maximum absolute atomic E-state index is 13.5. The second-order valence-electron chi connectivity index (χ2n) is 9.24. The highest BCUT2D eigenvalue weighted by Crippen LogP contribution is 2.29. The summed E-state index contributed by atoms with van der Waals surface area (Å²) in [4.78, 5) is 39.9. The van der Waals surface area contributed by atoms with E-state index in [0.29, 0.717) is 46.4 Å².